The fraction of sp³-hybridized carbons (Fsp3) is 0.105. The van der Waals surface area contributed by atoms with Crippen molar-refractivity contribution in [2.75, 3.05) is 19.5 Å². The highest BCUT2D eigenvalue weighted by Gasteiger charge is 2.16. The number of hydrogen-bond acceptors (Lipinski definition) is 5. The highest BCUT2D eigenvalue weighted by atomic mass is 35.5. The first kappa shape index (κ1) is 19.8. The molecule has 0 spiro atoms. The topological polar surface area (TPSA) is 109 Å². The monoisotopic (exact) mass is 386 g/mol. The molecule has 2 N–H and O–H groups in total. The molecule has 2 aromatic carbocycles. The highest BCUT2D eigenvalue weighted by Crippen LogP contribution is 2.36. The number of carboxylic acids is 1. The van der Waals surface area contributed by atoms with E-state index in [9.17, 15) is 20.0 Å². The predicted molar refractivity (Wildman–Crippen MR) is 100 cm³/mol. The molecule has 0 aromatic heterocycles. The summed E-state index contributed by atoms with van der Waals surface area (Å²) in [6.07, 6.45) is 1.31. The SMILES string of the molecule is COc1cc(C=C(C#N)C(=O)Nc2ccccc2C(=O)O)cc(Cl)c1OC. The fourth-order valence-corrected chi connectivity index (χ4v) is 2.60. The lowest BCUT2D eigenvalue weighted by Crippen LogP contribution is -2.16. The van der Waals surface area contributed by atoms with Gasteiger partial charge >= 0.3 is 5.97 Å². The number of nitriles is 1. The molecule has 0 aliphatic rings. The van der Waals surface area contributed by atoms with E-state index in [1.54, 1.807) is 18.2 Å². The normalized spacial score (nSPS) is 10.7. The van der Waals surface area contributed by atoms with Gasteiger partial charge < -0.3 is 19.9 Å². The Hall–Kier alpha value is -3.50. The van der Waals surface area contributed by atoms with Crippen molar-refractivity contribution in [3.05, 3.63) is 58.1 Å². The third-order valence-electron chi connectivity index (χ3n) is 3.54. The number of carboxylic acid groups (broad SMARTS) is 1. The van der Waals surface area contributed by atoms with Gasteiger partial charge in [0.2, 0.25) is 0 Å². The van der Waals surface area contributed by atoms with Crippen molar-refractivity contribution < 1.29 is 24.2 Å². The number of benzene rings is 2. The third kappa shape index (κ3) is 4.57. The van der Waals surface area contributed by atoms with Crippen molar-refractivity contribution in [1.82, 2.24) is 0 Å². The largest absolute Gasteiger partial charge is 0.493 e. The summed E-state index contributed by atoms with van der Waals surface area (Å²) in [5, 5.41) is 21.2. The second-order valence-electron chi connectivity index (χ2n) is 5.21. The molecule has 0 aliphatic heterocycles. The lowest BCUT2D eigenvalue weighted by molar-refractivity contribution is -0.112. The van der Waals surface area contributed by atoms with E-state index in [0.29, 0.717) is 17.1 Å². The molecule has 138 valence electrons. The van der Waals surface area contributed by atoms with Crippen LogP contribution in [0.15, 0.2) is 42.0 Å². The van der Waals surface area contributed by atoms with Gasteiger partial charge in [-0.05, 0) is 35.9 Å². The van der Waals surface area contributed by atoms with Crippen molar-refractivity contribution in [3.63, 3.8) is 0 Å². The summed E-state index contributed by atoms with van der Waals surface area (Å²) in [6.45, 7) is 0. The van der Waals surface area contributed by atoms with E-state index < -0.39 is 11.9 Å². The summed E-state index contributed by atoms with van der Waals surface area (Å²) in [7, 11) is 2.87. The van der Waals surface area contributed by atoms with Crippen molar-refractivity contribution >= 4 is 35.2 Å². The molecule has 0 radical (unpaired) electrons. The van der Waals surface area contributed by atoms with Crippen LogP contribution in [0, 0.1) is 11.3 Å². The van der Waals surface area contributed by atoms with E-state index in [1.807, 2.05) is 0 Å². The van der Waals surface area contributed by atoms with E-state index in [-0.39, 0.29) is 21.8 Å². The van der Waals surface area contributed by atoms with Gasteiger partial charge in [0, 0.05) is 0 Å². The van der Waals surface area contributed by atoms with Gasteiger partial charge in [-0.15, -0.1) is 0 Å². The molecule has 2 aromatic rings. The zero-order valence-electron chi connectivity index (χ0n) is 14.4. The molecule has 1 amide bonds. The van der Waals surface area contributed by atoms with E-state index >= 15 is 0 Å². The Bertz CT molecular complexity index is 963. The maximum absolute atomic E-state index is 12.4. The van der Waals surface area contributed by atoms with Gasteiger partial charge in [0.1, 0.15) is 11.6 Å². The van der Waals surface area contributed by atoms with E-state index in [0.717, 1.165) is 0 Å². The Morgan fingerprint density at radius 2 is 1.93 bits per heavy atom. The van der Waals surface area contributed by atoms with Crippen LogP contribution in [0.1, 0.15) is 15.9 Å². The number of nitrogens with one attached hydrogen (secondary N) is 1. The van der Waals surface area contributed by atoms with Crippen LogP contribution in [0.3, 0.4) is 0 Å². The summed E-state index contributed by atoms with van der Waals surface area (Å²) < 4.78 is 10.3. The van der Waals surface area contributed by atoms with Crippen LogP contribution in [0.2, 0.25) is 5.02 Å². The van der Waals surface area contributed by atoms with Gasteiger partial charge in [-0.1, -0.05) is 23.7 Å². The molecule has 0 heterocycles. The van der Waals surface area contributed by atoms with Crippen molar-refractivity contribution in [3.8, 4) is 17.6 Å². The zero-order chi connectivity index (χ0) is 20.0. The first-order valence-corrected chi connectivity index (χ1v) is 7.96. The Morgan fingerprint density at radius 3 is 2.52 bits per heavy atom. The van der Waals surface area contributed by atoms with Gasteiger partial charge in [0.25, 0.3) is 5.91 Å². The number of aromatic carboxylic acids is 1. The molecule has 0 saturated carbocycles. The molecular weight excluding hydrogens is 372 g/mol. The number of anilines is 1. The number of para-hydroxylation sites is 1. The van der Waals surface area contributed by atoms with Crippen LogP contribution in [-0.4, -0.2) is 31.2 Å². The molecule has 0 unspecified atom stereocenters. The second-order valence-corrected chi connectivity index (χ2v) is 5.62. The number of rotatable bonds is 6. The first-order valence-electron chi connectivity index (χ1n) is 7.58. The van der Waals surface area contributed by atoms with Crippen LogP contribution < -0.4 is 14.8 Å². The van der Waals surface area contributed by atoms with Crippen molar-refractivity contribution in [2.24, 2.45) is 0 Å². The number of hydrogen-bond donors (Lipinski definition) is 2. The Morgan fingerprint density at radius 1 is 1.22 bits per heavy atom. The molecule has 0 saturated heterocycles. The Labute approximate surface area is 160 Å². The quantitative estimate of drug-likeness (QED) is 0.580. The van der Waals surface area contributed by atoms with Crippen LogP contribution >= 0.6 is 11.6 Å². The molecule has 7 nitrogen and oxygen atoms in total. The number of ether oxygens (including phenoxy) is 2. The lowest BCUT2D eigenvalue weighted by atomic mass is 10.1. The van der Waals surface area contributed by atoms with Crippen molar-refractivity contribution in [1.29, 1.82) is 5.26 Å². The van der Waals surface area contributed by atoms with Crippen LogP contribution in [0.5, 0.6) is 11.5 Å². The summed E-state index contributed by atoms with van der Waals surface area (Å²) in [4.78, 5) is 23.6. The average molecular weight is 387 g/mol. The van der Waals surface area contributed by atoms with Gasteiger partial charge in [-0.2, -0.15) is 5.26 Å². The standard InChI is InChI=1S/C19H15ClN2O5/c1-26-16-9-11(8-14(20)17(16)27-2)7-12(10-21)18(23)22-15-6-4-3-5-13(15)19(24)25/h3-9H,1-2H3,(H,22,23)(H,24,25). The number of nitrogens with zero attached hydrogens (tertiary/aromatic N) is 1. The van der Waals surface area contributed by atoms with Gasteiger partial charge in [0.15, 0.2) is 11.5 Å². The number of methoxy groups -OCH3 is 2. The summed E-state index contributed by atoms with van der Waals surface area (Å²) in [5.74, 6) is -1.28. The highest BCUT2D eigenvalue weighted by molar-refractivity contribution is 6.32. The Balaban J connectivity index is 2.37. The smallest absolute Gasteiger partial charge is 0.337 e. The minimum Gasteiger partial charge on any atom is -0.493 e. The maximum atomic E-state index is 12.4. The molecule has 0 atom stereocenters. The summed E-state index contributed by atoms with van der Waals surface area (Å²) in [5.41, 5.74) is 0.202. The molecule has 2 rings (SSSR count). The third-order valence-corrected chi connectivity index (χ3v) is 3.82. The van der Waals surface area contributed by atoms with Crippen LogP contribution in [0.25, 0.3) is 6.08 Å². The number of amides is 1. The minimum atomic E-state index is -1.19. The summed E-state index contributed by atoms with van der Waals surface area (Å²) in [6, 6.07) is 10.8. The Kier molecular flexibility index (Phi) is 6.41. The molecular formula is C19H15ClN2O5. The number of halogens is 1. The number of carbonyl (C=O) groups excluding carboxylic acids is 1. The second kappa shape index (κ2) is 8.74. The van der Waals surface area contributed by atoms with E-state index in [2.05, 4.69) is 5.32 Å². The summed E-state index contributed by atoms with van der Waals surface area (Å²) >= 11 is 6.12. The van der Waals surface area contributed by atoms with Crippen LogP contribution in [0.4, 0.5) is 5.69 Å². The first-order chi connectivity index (χ1) is 12.9. The lowest BCUT2D eigenvalue weighted by Gasteiger charge is -2.11. The van der Waals surface area contributed by atoms with Crippen LogP contribution in [-0.2, 0) is 4.79 Å². The zero-order valence-corrected chi connectivity index (χ0v) is 15.2. The fourth-order valence-electron chi connectivity index (χ4n) is 2.30. The van der Waals surface area contributed by atoms with Gasteiger partial charge in [-0.3, -0.25) is 4.79 Å². The molecule has 0 bridgehead atoms. The molecule has 27 heavy (non-hydrogen) atoms. The van der Waals surface area contributed by atoms with Gasteiger partial charge in [-0.25, -0.2) is 4.79 Å². The van der Waals surface area contributed by atoms with E-state index in [4.69, 9.17) is 21.1 Å². The van der Waals surface area contributed by atoms with Gasteiger partial charge in [0.05, 0.1) is 30.5 Å². The molecule has 8 heteroatoms. The minimum absolute atomic E-state index is 0.0847. The van der Waals surface area contributed by atoms with Crippen molar-refractivity contribution in [2.45, 2.75) is 0 Å². The average Bonchev–Trinajstić information content (AvgIpc) is 2.65. The number of carbonyl (C=O) groups is 2. The molecule has 0 aliphatic carbocycles. The predicted octanol–water partition coefficient (Wildman–Crippen LogP) is 3.60. The molecule has 0 fully saturated rings. The maximum Gasteiger partial charge on any atom is 0.337 e. The van der Waals surface area contributed by atoms with E-state index in [1.165, 1.54) is 44.6 Å².